The molecule has 1 atom stereocenters. The number of furan rings is 1. The van der Waals surface area contributed by atoms with E-state index in [1.807, 2.05) is 0 Å². The number of halogens is 4. The zero-order valence-electron chi connectivity index (χ0n) is 18.4. The molecule has 36 heavy (non-hydrogen) atoms. The second-order valence-electron chi connectivity index (χ2n) is 7.96. The van der Waals surface area contributed by atoms with Gasteiger partial charge in [0.05, 0.1) is 28.8 Å². The number of fused-ring (bicyclic) bond motifs is 1. The molecule has 0 saturated heterocycles. The number of nitrogens with zero attached hydrogens (tertiary/aromatic N) is 1. The molecule has 1 unspecified atom stereocenters. The van der Waals surface area contributed by atoms with Gasteiger partial charge in [-0.25, -0.2) is 4.39 Å². The van der Waals surface area contributed by atoms with Gasteiger partial charge in [0, 0.05) is 22.2 Å². The van der Waals surface area contributed by atoms with Crippen molar-refractivity contribution in [3.63, 3.8) is 0 Å². The smallest absolute Gasteiger partial charge is 0.294 e. The van der Waals surface area contributed by atoms with Crippen LogP contribution in [0.15, 0.2) is 76.4 Å². The summed E-state index contributed by atoms with van der Waals surface area (Å²) >= 11 is 18.4. The fraction of sp³-hybridized carbons (Fsp3) is 0.0769. The summed E-state index contributed by atoms with van der Waals surface area (Å²) in [4.78, 5) is 28.1. The molecular formula is C26H15Cl3FNO5. The van der Waals surface area contributed by atoms with Gasteiger partial charge in [0.25, 0.3) is 5.91 Å². The lowest BCUT2D eigenvalue weighted by Gasteiger charge is -2.27. The van der Waals surface area contributed by atoms with Crippen molar-refractivity contribution in [2.24, 2.45) is 0 Å². The second-order valence-corrected chi connectivity index (χ2v) is 9.21. The highest BCUT2D eigenvalue weighted by atomic mass is 35.5. The number of amides is 1. The van der Waals surface area contributed by atoms with Crippen LogP contribution in [-0.2, 0) is 4.79 Å². The van der Waals surface area contributed by atoms with E-state index in [1.54, 1.807) is 12.1 Å². The summed E-state index contributed by atoms with van der Waals surface area (Å²) in [6, 6.07) is 13.2. The van der Waals surface area contributed by atoms with Crippen molar-refractivity contribution >= 4 is 63.1 Å². The van der Waals surface area contributed by atoms with Gasteiger partial charge >= 0.3 is 0 Å². The van der Waals surface area contributed by atoms with E-state index in [0.717, 1.165) is 11.0 Å². The normalized spacial score (nSPS) is 15.8. The van der Waals surface area contributed by atoms with Crippen molar-refractivity contribution < 1.29 is 28.2 Å². The zero-order chi connectivity index (χ0) is 25.7. The molecule has 1 aliphatic rings. The van der Waals surface area contributed by atoms with Crippen LogP contribution in [0.3, 0.4) is 0 Å². The Bertz CT molecular complexity index is 1600. The Morgan fingerprint density at radius 1 is 1.06 bits per heavy atom. The summed E-state index contributed by atoms with van der Waals surface area (Å²) in [5.41, 5.74) is 0.490. The van der Waals surface area contributed by atoms with Gasteiger partial charge in [0.1, 0.15) is 5.82 Å². The van der Waals surface area contributed by atoms with E-state index in [1.165, 1.54) is 49.6 Å². The molecule has 10 heteroatoms. The number of hydrogen-bond acceptors (Lipinski definition) is 5. The van der Waals surface area contributed by atoms with Crippen molar-refractivity contribution in [3.8, 4) is 5.75 Å². The number of ketones is 1. The minimum Gasteiger partial charge on any atom is -0.503 e. The number of aliphatic hydroxyl groups is 1. The van der Waals surface area contributed by atoms with Gasteiger partial charge in [-0.2, -0.15) is 0 Å². The minimum atomic E-state index is -1.15. The number of carbonyl (C=O) groups excluding carboxylic acids is 2. The van der Waals surface area contributed by atoms with Crippen molar-refractivity contribution in [2.75, 3.05) is 12.0 Å². The van der Waals surface area contributed by atoms with E-state index in [9.17, 15) is 19.1 Å². The highest BCUT2D eigenvalue weighted by Crippen LogP contribution is 2.44. The van der Waals surface area contributed by atoms with Crippen LogP contribution in [0, 0.1) is 5.82 Å². The van der Waals surface area contributed by atoms with Crippen LogP contribution >= 0.6 is 34.8 Å². The molecular weight excluding hydrogens is 532 g/mol. The number of benzene rings is 3. The van der Waals surface area contributed by atoms with Gasteiger partial charge < -0.3 is 14.3 Å². The van der Waals surface area contributed by atoms with Gasteiger partial charge in [0.2, 0.25) is 5.78 Å². The van der Waals surface area contributed by atoms with Crippen LogP contribution in [0.1, 0.15) is 22.2 Å². The average molecular weight is 547 g/mol. The van der Waals surface area contributed by atoms with Crippen LogP contribution < -0.4 is 9.64 Å². The number of aliphatic hydroxyl groups excluding tert-OH is 1. The Balaban J connectivity index is 1.69. The highest BCUT2D eigenvalue weighted by Gasteiger charge is 2.45. The van der Waals surface area contributed by atoms with E-state index < -0.39 is 29.3 Å². The highest BCUT2D eigenvalue weighted by molar-refractivity contribution is 6.42. The number of rotatable bonds is 5. The predicted molar refractivity (Wildman–Crippen MR) is 135 cm³/mol. The Hall–Kier alpha value is -3.52. The van der Waals surface area contributed by atoms with E-state index in [4.69, 9.17) is 44.0 Å². The van der Waals surface area contributed by atoms with Gasteiger partial charge in [-0.3, -0.25) is 14.5 Å². The molecule has 6 nitrogen and oxygen atoms in total. The summed E-state index contributed by atoms with van der Waals surface area (Å²) in [5.74, 6) is -2.91. The average Bonchev–Trinajstić information content (AvgIpc) is 3.39. The van der Waals surface area contributed by atoms with Gasteiger partial charge in [0.15, 0.2) is 22.9 Å². The third-order valence-corrected chi connectivity index (χ3v) is 6.75. The van der Waals surface area contributed by atoms with E-state index in [2.05, 4.69) is 0 Å². The first-order chi connectivity index (χ1) is 17.2. The van der Waals surface area contributed by atoms with Gasteiger partial charge in [-0.05, 0) is 48.0 Å². The standard InChI is InChI=1S/C26H15Cl3FNO5/c1-35-20-10-14(27)7-13-9-19(36-25(13)20)23(32)21-22(12-5-6-17(28)18(29)8-12)31(26(34)24(21)33)16-4-2-3-15(30)11-16/h2-11,22,33H,1H3. The molecule has 1 aliphatic heterocycles. The van der Waals surface area contributed by atoms with Crippen molar-refractivity contribution in [1.82, 2.24) is 0 Å². The van der Waals surface area contributed by atoms with Gasteiger partial charge in [-0.1, -0.05) is 46.9 Å². The third kappa shape index (κ3) is 3.99. The molecule has 5 rings (SSSR count). The zero-order valence-corrected chi connectivity index (χ0v) is 20.7. The van der Waals surface area contributed by atoms with Crippen molar-refractivity contribution in [1.29, 1.82) is 0 Å². The maximum atomic E-state index is 14.1. The molecule has 182 valence electrons. The van der Waals surface area contributed by atoms with Crippen LogP contribution in [0.5, 0.6) is 5.75 Å². The molecule has 0 aliphatic carbocycles. The lowest BCUT2D eigenvalue weighted by Crippen LogP contribution is -2.31. The SMILES string of the molecule is COc1cc(Cl)cc2cc(C(=O)C3=C(O)C(=O)N(c4cccc(F)c4)C3c3ccc(Cl)c(Cl)c3)oc12. The molecule has 0 spiro atoms. The monoisotopic (exact) mass is 545 g/mol. The number of ether oxygens (including phenoxy) is 1. The molecule has 4 aromatic rings. The maximum Gasteiger partial charge on any atom is 0.294 e. The number of methoxy groups -OCH3 is 1. The molecule has 1 N–H and O–H groups in total. The predicted octanol–water partition coefficient (Wildman–Crippen LogP) is 7.32. The van der Waals surface area contributed by atoms with E-state index in [0.29, 0.717) is 21.7 Å². The van der Waals surface area contributed by atoms with Gasteiger partial charge in [-0.15, -0.1) is 0 Å². The Labute approximate surface area is 219 Å². The van der Waals surface area contributed by atoms with Crippen LogP contribution in [0.25, 0.3) is 11.0 Å². The maximum absolute atomic E-state index is 14.1. The third-order valence-electron chi connectivity index (χ3n) is 5.79. The summed E-state index contributed by atoms with van der Waals surface area (Å²) in [7, 11) is 1.43. The minimum absolute atomic E-state index is 0.128. The fourth-order valence-corrected chi connectivity index (χ4v) is 4.73. The number of hydrogen-bond donors (Lipinski definition) is 1. The first kappa shape index (κ1) is 24.2. The quantitative estimate of drug-likeness (QED) is 0.265. The number of carbonyl (C=O) groups is 2. The first-order valence-corrected chi connectivity index (χ1v) is 11.6. The molecule has 0 fully saturated rings. The topological polar surface area (TPSA) is 80.0 Å². The van der Waals surface area contributed by atoms with E-state index >= 15 is 0 Å². The molecule has 1 aromatic heterocycles. The number of Topliss-reactive ketones (excluding diaryl/α,β-unsaturated/α-hetero) is 1. The second kappa shape index (κ2) is 9.17. The summed E-state index contributed by atoms with van der Waals surface area (Å²) in [6.07, 6.45) is 0. The van der Waals surface area contributed by atoms with E-state index in [-0.39, 0.29) is 32.6 Å². The lowest BCUT2D eigenvalue weighted by atomic mass is 9.94. The fourth-order valence-electron chi connectivity index (χ4n) is 4.21. The Morgan fingerprint density at radius 3 is 2.53 bits per heavy atom. The summed E-state index contributed by atoms with van der Waals surface area (Å²) in [6.45, 7) is 0. The molecule has 0 bridgehead atoms. The largest absolute Gasteiger partial charge is 0.503 e. The number of anilines is 1. The van der Waals surface area contributed by atoms with Crippen molar-refractivity contribution in [3.05, 3.63) is 104 Å². The Kier molecular flexibility index (Phi) is 6.16. The molecule has 3 aromatic carbocycles. The van der Waals surface area contributed by atoms with Crippen LogP contribution in [-0.4, -0.2) is 23.9 Å². The first-order valence-electron chi connectivity index (χ1n) is 10.5. The molecule has 2 heterocycles. The lowest BCUT2D eigenvalue weighted by molar-refractivity contribution is -0.117. The summed E-state index contributed by atoms with van der Waals surface area (Å²) in [5, 5.41) is 12.2. The molecule has 0 radical (unpaired) electrons. The molecule has 0 saturated carbocycles. The van der Waals surface area contributed by atoms with Crippen molar-refractivity contribution in [2.45, 2.75) is 6.04 Å². The summed E-state index contributed by atoms with van der Waals surface area (Å²) < 4.78 is 25.1. The van der Waals surface area contributed by atoms with Crippen LogP contribution in [0.2, 0.25) is 15.1 Å². The Morgan fingerprint density at radius 2 is 1.83 bits per heavy atom. The van der Waals surface area contributed by atoms with Crippen LogP contribution in [0.4, 0.5) is 10.1 Å². The molecule has 1 amide bonds.